The van der Waals surface area contributed by atoms with Crippen LogP contribution < -0.4 is 16.4 Å². The van der Waals surface area contributed by atoms with Crippen molar-refractivity contribution in [3.8, 4) is 0 Å². The molecule has 3 N–H and O–H groups in total. The Hall–Kier alpha value is -2.97. The summed E-state index contributed by atoms with van der Waals surface area (Å²) in [5.41, 5.74) is -0.836. The summed E-state index contributed by atoms with van der Waals surface area (Å²) in [6.07, 6.45) is 0.263. The molecular formula is C13H14N4O5. The summed E-state index contributed by atoms with van der Waals surface area (Å²) in [5, 5.41) is 13.7. The molecule has 2 aromatic rings. The van der Waals surface area contributed by atoms with Gasteiger partial charge in [0.1, 0.15) is 0 Å². The van der Waals surface area contributed by atoms with Gasteiger partial charge < -0.3 is 15.3 Å². The molecule has 0 spiro atoms. The van der Waals surface area contributed by atoms with Crippen molar-refractivity contribution in [1.82, 2.24) is 15.3 Å². The summed E-state index contributed by atoms with van der Waals surface area (Å²) in [6.45, 7) is 3.21. The third-order valence-electron chi connectivity index (χ3n) is 3.36. The van der Waals surface area contributed by atoms with Crippen LogP contribution in [0.3, 0.4) is 0 Å². The molecule has 9 heteroatoms. The topological polar surface area (TPSA) is 138 Å². The molecule has 0 fully saturated rings. The molecule has 22 heavy (non-hydrogen) atoms. The van der Waals surface area contributed by atoms with E-state index in [1.165, 1.54) is 13.0 Å². The van der Waals surface area contributed by atoms with Gasteiger partial charge in [-0.05, 0) is 6.92 Å². The molecule has 0 saturated heterocycles. The second-order valence-corrected chi connectivity index (χ2v) is 4.72. The standard InChI is InChI=1S/C13H14N4O5/c1-3-10(18)14-5-7-6(2)9(17(21)22)4-8-11(7)16-13(20)12(19)15-8/h4H,3,5H2,1-2H3,(H,14,18)(H,15,19)(H,16,20). The predicted molar refractivity (Wildman–Crippen MR) is 78.7 cm³/mol. The van der Waals surface area contributed by atoms with Gasteiger partial charge >= 0.3 is 11.1 Å². The van der Waals surface area contributed by atoms with E-state index in [1.807, 2.05) is 0 Å². The Morgan fingerprint density at radius 1 is 1.32 bits per heavy atom. The van der Waals surface area contributed by atoms with E-state index < -0.39 is 16.0 Å². The van der Waals surface area contributed by atoms with Gasteiger partial charge in [0.2, 0.25) is 5.91 Å². The van der Waals surface area contributed by atoms with Crippen molar-refractivity contribution in [3.63, 3.8) is 0 Å². The lowest BCUT2D eigenvalue weighted by Gasteiger charge is -2.11. The molecule has 0 aliphatic carbocycles. The zero-order valence-electron chi connectivity index (χ0n) is 12.0. The smallest absolute Gasteiger partial charge is 0.314 e. The number of rotatable bonds is 4. The van der Waals surface area contributed by atoms with E-state index in [9.17, 15) is 24.5 Å². The van der Waals surface area contributed by atoms with Crippen LogP contribution in [0, 0.1) is 17.0 Å². The third kappa shape index (κ3) is 2.73. The fourth-order valence-corrected chi connectivity index (χ4v) is 2.14. The molecular weight excluding hydrogens is 292 g/mol. The Morgan fingerprint density at radius 3 is 2.55 bits per heavy atom. The number of nitrogens with one attached hydrogen (secondary N) is 3. The number of carbonyl (C=O) groups is 1. The highest BCUT2D eigenvalue weighted by molar-refractivity contribution is 5.83. The summed E-state index contributed by atoms with van der Waals surface area (Å²) in [6, 6.07) is 1.19. The maximum atomic E-state index is 11.5. The molecule has 0 aliphatic heterocycles. The van der Waals surface area contributed by atoms with Crippen LogP contribution >= 0.6 is 0 Å². The second kappa shape index (κ2) is 5.80. The number of hydrogen-bond donors (Lipinski definition) is 3. The van der Waals surface area contributed by atoms with Crippen LogP contribution in [0.1, 0.15) is 24.5 Å². The van der Waals surface area contributed by atoms with E-state index in [0.29, 0.717) is 11.1 Å². The highest BCUT2D eigenvalue weighted by atomic mass is 16.6. The predicted octanol–water partition coefficient (Wildman–Crippen LogP) is 0.459. The molecule has 2 rings (SSSR count). The lowest BCUT2D eigenvalue weighted by atomic mass is 10.0. The van der Waals surface area contributed by atoms with Gasteiger partial charge in [0.15, 0.2) is 0 Å². The maximum Gasteiger partial charge on any atom is 0.314 e. The van der Waals surface area contributed by atoms with E-state index in [0.717, 1.165) is 0 Å². The largest absolute Gasteiger partial charge is 0.352 e. The van der Waals surface area contributed by atoms with Crippen molar-refractivity contribution in [2.45, 2.75) is 26.8 Å². The van der Waals surface area contributed by atoms with E-state index in [-0.39, 0.29) is 35.6 Å². The Morgan fingerprint density at radius 2 is 1.95 bits per heavy atom. The molecule has 0 bridgehead atoms. The number of benzene rings is 1. The van der Waals surface area contributed by atoms with Gasteiger partial charge in [-0.3, -0.25) is 24.5 Å². The van der Waals surface area contributed by atoms with E-state index >= 15 is 0 Å². The first-order valence-electron chi connectivity index (χ1n) is 6.55. The first kappa shape index (κ1) is 15.4. The van der Waals surface area contributed by atoms with Gasteiger partial charge in [0.25, 0.3) is 5.69 Å². The molecule has 0 atom stereocenters. The fourth-order valence-electron chi connectivity index (χ4n) is 2.14. The van der Waals surface area contributed by atoms with Crippen LogP contribution in [-0.4, -0.2) is 20.8 Å². The van der Waals surface area contributed by atoms with E-state index in [1.54, 1.807) is 6.92 Å². The van der Waals surface area contributed by atoms with Gasteiger partial charge in [0.05, 0.1) is 16.0 Å². The first-order chi connectivity index (χ1) is 10.3. The molecule has 0 aliphatic rings. The quantitative estimate of drug-likeness (QED) is 0.428. The van der Waals surface area contributed by atoms with Crippen LogP contribution in [0.2, 0.25) is 0 Å². The molecule has 0 unspecified atom stereocenters. The summed E-state index contributed by atoms with van der Waals surface area (Å²) in [7, 11) is 0. The summed E-state index contributed by atoms with van der Waals surface area (Å²) in [5.74, 6) is -0.231. The first-order valence-corrected chi connectivity index (χ1v) is 6.55. The number of amides is 1. The van der Waals surface area contributed by atoms with Crippen molar-refractivity contribution in [3.05, 3.63) is 48.0 Å². The van der Waals surface area contributed by atoms with Gasteiger partial charge in [-0.15, -0.1) is 0 Å². The van der Waals surface area contributed by atoms with Crippen molar-refractivity contribution in [2.75, 3.05) is 0 Å². The minimum Gasteiger partial charge on any atom is -0.352 e. The monoisotopic (exact) mass is 306 g/mol. The summed E-state index contributed by atoms with van der Waals surface area (Å²) >= 11 is 0. The average Bonchev–Trinajstić information content (AvgIpc) is 2.47. The minimum atomic E-state index is -0.894. The van der Waals surface area contributed by atoms with Gasteiger partial charge in [-0.1, -0.05) is 6.92 Å². The molecule has 1 heterocycles. The number of aromatic amines is 2. The number of carbonyl (C=O) groups excluding carboxylic acids is 1. The summed E-state index contributed by atoms with van der Waals surface area (Å²) in [4.78, 5) is 49.5. The van der Waals surface area contributed by atoms with Gasteiger partial charge in [0, 0.05) is 30.2 Å². The van der Waals surface area contributed by atoms with Crippen molar-refractivity contribution >= 4 is 22.6 Å². The number of H-pyrrole nitrogens is 2. The van der Waals surface area contributed by atoms with Gasteiger partial charge in [-0.25, -0.2) is 0 Å². The van der Waals surface area contributed by atoms with Crippen LogP contribution in [0.5, 0.6) is 0 Å². The van der Waals surface area contributed by atoms with Crippen LogP contribution in [0.4, 0.5) is 5.69 Å². The number of nitro benzene ring substituents is 1. The Balaban J connectivity index is 2.73. The molecule has 1 amide bonds. The van der Waals surface area contributed by atoms with Crippen LogP contribution in [-0.2, 0) is 11.3 Å². The molecule has 9 nitrogen and oxygen atoms in total. The van der Waals surface area contributed by atoms with Crippen molar-refractivity contribution in [1.29, 1.82) is 0 Å². The SMILES string of the molecule is CCC(=O)NCc1c(C)c([N+](=O)[O-])cc2[nH]c(=O)c(=O)[nH]c12. The highest BCUT2D eigenvalue weighted by Gasteiger charge is 2.19. The highest BCUT2D eigenvalue weighted by Crippen LogP contribution is 2.27. The number of fused-ring (bicyclic) bond motifs is 1. The minimum absolute atomic E-state index is 0.0126. The molecule has 0 radical (unpaired) electrons. The fraction of sp³-hybridized carbons (Fsp3) is 0.308. The Kier molecular flexibility index (Phi) is 4.06. The molecule has 1 aromatic carbocycles. The zero-order valence-corrected chi connectivity index (χ0v) is 12.0. The van der Waals surface area contributed by atoms with E-state index in [2.05, 4.69) is 15.3 Å². The zero-order chi connectivity index (χ0) is 16.4. The second-order valence-electron chi connectivity index (χ2n) is 4.72. The van der Waals surface area contributed by atoms with Crippen LogP contribution in [0.25, 0.3) is 11.0 Å². The number of aromatic nitrogens is 2. The summed E-state index contributed by atoms with van der Waals surface area (Å²) < 4.78 is 0. The Bertz CT molecular complexity index is 880. The number of hydrogen-bond acceptors (Lipinski definition) is 5. The third-order valence-corrected chi connectivity index (χ3v) is 3.36. The van der Waals surface area contributed by atoms with Crippen molar-refractivity contribution < 1.29 is 9.72 Å². The lowest BCUT2D eigenvalue weighted by Crippen LogP contribution is -2.30. The Labute approximate surface area is 123 Å². The average molecular weight is 306 g/mol. The normalized spacial score (nSPS) is 10.6. The van der Waals surface area contributed by atoms with Crippen LogP contribution in [0.15, 0.2) is 15.7 Å². The van der Waals surface area contributed by atoms with Crippen molar-refractivity contribution in [2.24, 2.45) is 0 Å². The molecule has 1 aromatic heterocycles. The molecule has 116 valence electrons. The number of nitro groups is 1. The maximum absolute atomic E-state index is 11.5. The number of nitrogens with zero attached hydrogens (tertiary/aromatic N) is 1. The van der Waals surface area contributed by atoms with E-state index in [4.69, 9.17) is 0 Å². The lowest BCUT2D eigenvalue weighted by molar-refractivity contribution is -0.385. The van der Waals surface area contributed by atoms with Gasteiger partial charge in [-0.2, -0.15) is 0 Å². The molecule has 0 saturated carbocycles.